The Balaban J connectivity index is 1.51. The smallest absolute Gasteiger partial charge is 0.410 e. The van der Waals surface area contributed by atoms with Gasteiger partial charge in [0.25, 0.3) is 5.91 Å². The van der Waals surface area contributed by atoms with Crippen LogP contribution in [-0.2, 0) is 24.1 Å². The summed E-state index contributed by atoms with van der Waals surface area (Å²) in [4.78, 5) is 41.9. The van der Waals surface area contributed by atoms with E-state index < -0.39 is 11.6 Å². The van der Waals surface area contributed by atoms with Crippen LogP contribution in [0.3, 0.4) is 0 Å². The Labute approximate surface area is 225 Å². The van der Waals surface area contributed by atoms with Gasteiger partial charge in [0.2, 0.25) is 0 Å². The number of hydrogen-bond donors (Lipinski definition) is 1. The van der Waals surface area contributed by atoms with Crippen LogP contribution in [0.1, 0.15) is 64.0 Å². The van der Waals surface area contributed by atoms with Crippen molar-refractivity contribution in [1.82, 2.24) is 14.7 Å². The molecular formula is C28H29ClN4O5. The summed E-state index contributed by atoms with van der Waals surface area (Å²) in [5.74, 6) is -1.53. The Morgan fingerprint density at radius 1 is 1.05 bits per heavy atom. The zero-order valence-electron chi connectivity index (χ0n) is 21.7. The summed E-state index contributed by atoms with van der Waals surface area (Å²) in [6.45, 7) is 8.77. The lowest BCUT2D eigenvalue weighted by atomic mass is 9.93. The van der Waals surface area contributed by atoms with Crippen LogP contribution in [0.5, 0.6) is 0 Å². The number of benzene rings is 2. The fourth-order valence-electron chi connectivity index (χ4n) is 5.11. The molecule has 9 nitrogen and oxygen atoms in total. The molecule has 5 rings (SSSR count). The molecular weight excluding hydrogens is 508 g/mol. The molecule has 10 heteroatoms. The van der Waals surface area contributed by atoms with Crippen LogP contribution in [0.2, 0.25) is 5.02 Å². The normalized spacial score (nSPS) is 15.2. The summed E-state index contributed by atoms with van der Waals surface area (Å²) in [7, 11) is 0. The van der Waals surface area contributed by atoms with Gasteiger partial charge < -0.3 is 19.6 Å². The molecule has 3 aromatic rings. The molecule has 0 saturated heterocycles. The van der Waals surface area contributed by atoms with Crippen LogP contribution in [0, 0.1) is 6.92 Å². The average molecular weight is 537 g/mol. The number of nitrogens with zero attached hydrogens (tertiary/aromatic N) is 4. The minimum absolute atomic E-state index is 0.136. The number of aromatic carboxylic acids is 1. The fraction of sp³-hybridized carbons (Fsp3) is 0.357. The van der Waals surface area contributed by atoms with Gasteiger partial charge in [-0.05, 0) is 87.6 Å². The first kappa shape index (κ1) is 25.8. The average Bonchev–Trinajstić information content (AvgIpc) is 3.24. The molecule has 0 atom stereocenters. The Hall–Kier alpha value is -3.85. The van der Waals surface area contributed by atoms with E-state index in [-0.39, 0.29) is 23.4 Å². The third-order valence-electron chi connectivity index (χ3n) is 6.78. The summed E-state index contributed by atoms with van der Waals surface area (Å²) in [5, 5.41) is 14.5. The molecule has 0 bridgehead atoms. The van der Waals surface area contributed by atoms with Crippen molar-refractivity contribution in [2.24, 2.45) is 0 Å². The van der Waals surface area contributed by atoms with E-state index in [4.69, 9.17) is 16.3 Å². The van der Waals surface area contributed by atoms with Gasteiger partial charge in [0, 0.05) is 35.9 Å². The van der Waals surface area contributed by atoms with Crippen molar-refractivity contribution >= 4 is 35.3 Å². The molecule has 0 fully saturated rings. The first-order chi connectivity index (χ1) is 17.9. The second-order valence-corrected chi connectivity index (χ2v) is 11.1. The zero-order chi connectivity index (χ0) is 27.4. The number of carboxylic acid groups (broad SMARTS) is 1. The van der Waals surface area contributed by atoms with Gasteiger partial charge in [0.1, 0.15) is 11.3 Å². The van der Waals surface area contributed by atoms with E-state index >= 15 is 0 Å². The summed E-state index contributed by atoms with van der Waals surface area (Å²) in [6.07, 6.45) is 0.669. The van der Waals surface area contributed by atoms with Crippen LogP contribution < -0.4 is 4.90 Å². The number of hydrogen-bond acceptors (Lipinski definition) is 5. The Bertz CT molecular complexity index is 1470. The molecule has 198 valence electrons. The van der Waals surface area contributed by atoms with Crippen molar-refractivity contribution in [2.75, 3.05) is 18.0 Å². The van der Waals surface area contributed by atoms with Crippen LogP contribution in [0.25, 0.3) is 5.69 Å². The highest BCUT2D eigenvalue weighted by atomic mass is 35.5. The number of aromatic nitrogens is 2. The third kappa shape index (κ3) is 4.74. The van der Waals surface area contributed by atoms with E-state index in [0.717, 1.165) is 16.7 Å². The van der Waals surface area contributed by atoms with Crippen molar-refractivity contribution < 1.29 is 24.2 Å². The number of carbonyl (C=O) groups excluding carboxylic acids is 2. The maximum absolute atomic E-state index is 13.9. The Morgan fingerprint density at radius 2 is 1.79 bits per heavy atom. The number of halogens is 1. The van der Waals surface area contributed by atoms with Crippen molar-refractivity contribution in [3.8, 4) is 5.69 Å². The van der Waals surface area contributed by atoms with E-state index in [1.807, 2.05) is 39.8 Å². The molecule has 3 heterocycles. The van der Waals surface area contributed by atoms with Gasteiger partial charge in [0.05, 0.1) is 5.69 Å². The van der Waals surface area contributed by atoms with Gasteiger partial charge in [-0.3, -0.25) is 4.79 Å². The summed E-state index contributed by atoms with van der Waals surface area (Å²) < 4.78 is 6.94. The maximum Gasteiger partial charge on any atom is 0.410 e. The molecule has 0 aliphatic carbocycles. The number of carbonyl (C=O) groups is 3. The van der Waals surface area contributed by atoms with Gasteiger partial charge in [0.15, 0.2) is 5.69 Å². The molecule has 2 aliphatic heterocycles. The molecule has 0 radical (unpaired) electrons. The second-order valence-electron chi connectivity index (χ2n) is 10.6. The molecule has 0 spiro atoms. The molecule has 2 aliphatic rings. The number of amides is 2. The Morgan fingerprint density at radius 3 is 2.47 bits per heavy atom. The monoisotopic (exact) mass is 536 g/mol. The van der Waals surface area contributed by atoms with Crippen molar-refractivity contribution in [3.05, 3.63) is 75.1 Å². The predicted octanol–water partition coefficient (Wildman–Crippen LogP) is 5.03. The number of anilines is 1. The van der Waals surface area contributed by atoms with Gasteiger partial charge in [-0.25, -0.2) is 14.3 Å². The molecule has 38 heavy (non-hydrogen) atoms. The minimum atomic E-state index is -1.19. The summed E-state index contributed by atoms with van der Waals surface area (Å²) >= 11 is 6.17. The van der Waals surface area contributed by atoms with Crippen LogP contribution in [-0.4, -0.2) is 56.4 Å². The minimum Gasteiger partial charge on any atom is -0.476 e. The van der Waals surface area contributed by atoms with E-state index in [0.29, 0.717) is 54.4 Å². The van der Waals surface area contributed by atoms with Crippen molar-refractivity contribution in [3.63, 3.8) is 0 Å². The zero-order valence-corrected chi connectivity index (χ0v) is 22.5. The highest BCUT2D eigenvalue weighted by Gasteiger charge is 2.36. The summed E-state index contributed by atoms with van der Waals surface area (Å²) in [6, 6.07) is 10.7. The highest BCUT2D eigenvalue weighted by Crippen LogP contribution is 2.33. The van der Waals surface area contributed by atoms with Crippen molar-refractivity contribution in [2.45, 2.75) is 52.7 Å². The SMILES string of the molecule is Cc1cc(N2CCc3c(C(=O)O)nn(-c4cccc(Cl)c4)c3C2=O)cc2c1CCN(C(=O)OC(C)(C)C)C2. The second kappa shape index (κ2) is 9.47. The molecule has 2 amide bonds. The van der Waals surface area contributed by atoms with Gasteiger partial charge in [-0.1, -0.05) is 17.7 Å². The predicted molar refractivity (Wildman–Crippen MR) is 142 cm³/mol. The highest BCUT2D eigenvalue weighted by molar-refractivity contribution is 6.30. The summed E-state index contributed by atoms with van der Waals surface area (Å²) in [5.41, 5.74) is 4.25. The van der Waals surface area contributed by atoms with E-state index in [9.17, 15) is 19.5 Å². The first-order valence-corrected chi connectivity index (χ1v) is 12.8. The van der Waals surface area contributed by atoms with Crippen molar-refractivity contribution in [1.29, 1.82) is 0 Å². The van der Waals surface area contributed by atoms with Gasteiger partial charge in [-0.15, -0.1) is 0 Å². The molecule has 0 unspecified atom stereocenters. The topological polar surface area (TPSA) is 105 Å². The van der Waals surface area contributed by atoms with E-state index in [1.54, 1.807) is 34.1 Å². The number of rotatable bonds is 3. The third-order valence-corrected chi connectivity index (χ3v) is 7.01. The number of carboxylic acids is 1. The van der Waals surface area contributed by atoms with E-state index in [1.165, 1.54) is 4.68 Å². The molecule has 2 aromatic carbocycles. The first-order valence-electron chi connectivity index (χ1n) is 12.5. The van der Waals surface area contributed by atoms with Crippen LogP contribution in [0.4, 0.5) is 10.5 Å². The largest absolute Gasteiger partial charge is 0.476 e. The Kier molecular flexibility index (Phi) is 6.43. The van der Waals surface area contributed by atoms with Gasteiger partial charge in [-0.2, -0.15) is 5.10 Å². The molecule has 1 aromatic heterocycles. The molecule has 0 saturated carbocycles. The number of aryl methyl sites for hydroxylation is 1. The molecule has 1 N–H and O–H groups in total. The quantitative estimate of drug-likeness (QED) is 0.503. The number of fused-ring (bicyclic) bond motifs is 2. The standard InChI is InChI=1S/C28H29ClN4O5/c1-16-12-20(13-17-15-31(10-8-21(16)17)27(37)38-28(2,3)4)32-11-9-22-23(26(35)36)30-33(24(22)25(32)34)19-7-5-6-18(29)14-19/h5-7,12-14H,8-11,15H2,1-4H3,(H,35,36). The number of ether oxygens (including phenoxy) is 1. The maximum atomic E-state index is 13.9. The van der Waals surface area contributed by atoms with Crippen LogP contribution in [0.15, 0.2) is 36.4 Å². The fourth-order valence-corrected chi connectivity index (χ4v) is 5.30. The van der Waals surface area contributed by atoms with Crippen LogP contribution >= 0.6 is 11.6 Å². The van der Waals surface area contributed by atoms with E-state index in [2.05, 4.69) is 5.10 Å². The lowest BCUT2D eigenvalue weighted by Crippen LogP contribution is -2.41. The van der Waals surface area contributed by atoms with Gasteiger partial charge >= 0.3 is 12.1 Å². The lowest BCUT2D eigenvalue weighted by Gasteiger charge is -2.33. The lowest BCUT2D eigenvalue weighted by molar-refractivity contribution is 0.0223.